The fraction of sp³-hybridized carbons (Fsp3) is 0.125. The van der Waals surface area contributed by atoms with Crippen molar-refractivity contribution in [1.82, 2.24) is 0 Å². The van der Waals surface area contributed by atoms with Crippen LogP contribution in [-0.4, -0.2) is 5.91 Å². The van der Waals surface area contributed by atoms with E-state index >= 15 is 0 Å². The number of amides is 1. The molecule has 20 heavy (non-hydrogen) atoms. The van der Waals surface area contributed by atoms with E-state index in [-0.39, 0.29) is 5.91 Å². The molecular weight excluding hydrogens is 250 g/mol. The second-order valence-corrected chi connectivity index (χ2v) is 4.67. The number of nitrogen functional groups attached to an aromatic ring is 1. The second-order valence-electron chi connectivity index (χ2n) is 4.67. The van der Waals surface area contributed by atoms with Crippen LogP contribution in [0.1, 0.15) is 27.0 Å². The molecule has 0 saturated heterocycles. The third-order valence-corrected chi connectivity index (χ3v) is 3.19. The molecule has 0 aromatic heterocycles. The summed E-state index contributed by atoms with van der Waals surface area (Å²) >= 11 is 0. The van der Waals surface area contributed by atoms with Crippen molar-refractivity contribution >= 4 is 17.3 Å². The first-order valence-corrected chi connectivity index (χ1v) is 6.19. The van der Waals surface area contributed by atoms with Gasteiger partial charge in [0.25, 0.3) is 5.91 Å². The highest BCUT2D eigenvalue weighted by atomic mass is 16.1. The van der Waals surface area contributed by atoms with Crippen molar-refractivity contribution in [3.8, 4) is 6.07 Å². The normalized spacial score (nSPS) is 9.85. The van der Waals surface area contributed by atoms with Gasteiger partial charge in [0, 0.05) is 5.56 Å². The zero-order valence-corrected chi connectivity index (χ0v) is 11.4. The number of aryl methyl sites for hydroxylation is 2. The van der Waals surface area contributed by atoms with Crippen LogP contribution in [0, 0.1) is 25.2 Å². The van der Waals surface area contributed by atoms with Crippen molar-refractivity contribution in [1.29, 1.82) is 5.26 Å². The van der Waals surface area contributed by atoms with E-state index < -0.39 is 0 Å². The Labute approximate surface area is 117 Å². The Hall–Kier alpha value is -2.80. The predicted molar refractivity (Wildman–Crippen MR) is 79.4 cm³/mol. The number of nitriles is 1. The van der Waals surface area contributed by atoms with Gasteiger partial charge in [0.2, 0.25) is 0 Å². The van der Waals surface area contributed by atoms with Crippen molar-refractivity contribution in [3.63, 3.8) is 0 Å². The number of benzene rings is 2. The van der Waals surface area contributed by atoms with Gasteiger partial charge in [-0.25, -0.2) is 0 Å². The molecule has 0 saturated carbocycles. The smallest absolute Gasteiger partial charge is 0.255 e. The highest BCUT2D eigenvalue weighted by molar-refractivity contribution is 6.05. The minimum Gasteiger partial charge on any atom is -0.397 e. The highest BCUT2D eigenvalue weighted by Gasteiger charge is 2.09. The topological polar surface area (TPSA) is 78.9 Å². The Morgan fingerprint density at radius 3 is 2.35 bits per heavy atom. The monoisotopic (exact) mass is 265 g/mol. The minimum atomic E-state index is -0.246. The van der Waals surface area contributed by atoms with E-state index in [0.29, 0.717) is 22.5 Å². The molecule has 4 heteroatoms. The Balaban J connectivity index is 2.23. The molecule has 3 N–H and O–H groups in total. The van der Waals surface area contributed by atoms with Gasteiger partial charge in [0.1, 0.15) is 0 Å². The SMILES string of the molecule is Cc1cc(N)c(NC(=O)c2ccc(C#N)cc2)cc1C. The maximum Gasteiger partial charge on any atom is 0.255 e. The molecule has 0 bridgehead atoms. The third-order valence-electron chi connectivity index (χ3n) is 3.19. The van der Waals surface area contributed by atoms with E-state index in [2.05, 4.69) is 5.32 Å². The molecule has 0 radical (unpaired) electrons. The lowest BCUT2D eigenvalue weighted by atomic mass is 10.1. The van der Waals surface area contributed by atoms with Crippen molar-refractivity contribution < 1.29 is 4.79 Å². The van der Waals surface area contributed by atoms with Gasteiger partial charge in [-0.1, -0.05) is 0 Å². The third kappa shape index (κ3) is 2.78. The van der Waals surface area contributed by atoms with Gasteiger partial charge in [-0.2, -0.15) is 5.26 Å². The summed E-state index contributed by atoms with van der Waals surface area (Å²) in [5.41, 5.74) is 10.2. The summed E-state index contributed by atoms with van der Waals surface area (Å²) in [5, 5.41) is 11.5. The van der Waals surface area contributed by atoms with Crippen LogP contribution < -0.4 is 11.1 Å². The Morgan fingerprint density at radius 1 is 1.15 bits per heavy atom. The second kappa shape index (κ2) is 5.45. The lowest BCUT2D eigenvalue weighted by Gasteiger charge is -2.11. The molecule has 0 fully saturated rings. The van der Waals surface area contributed by atoms with Gasteiger partial charge in [-0.05, 0) is 61.4 Å². The Morgan fingerprint density at radius 2 is 1.75 bits per heavy atom. The summed E-state index contributed by atoms with van der Waals surface area (Å²) in [7, 11) is 0. The minimum absolute atomic E-state index is 0.246. The van der Waals surface area contributed by atoms with Gasteiger partial charge in [-0.3, -0.25) is 4.79 Å². The van der Waals surface area contributed by atoms with Gasteiger partial charge in [0.05, 0.1) is 23.0 Å². The van der Waals surface area contributed by atoms with Gasteiger partial charge >= 0.3 is 0 Å². The number of hydrogen-bond donors (Lipinski definition) is 2. The van der Waals surface area contributed by atoms with Crippen molar-refractivity contribution in [2.75, 3.05) is 11.1 Å². The number of nitrogens with zero attached hydrogens (tertiary/aromatic N) is 1. The Kier molecular flexibility index (Phi) is 3.72. The molecule has 2 aromatic carbocycles. The number of hydrogen-bond acceptors (Lipinski definition) is 3. The molecule has 0 atom stereocenters. The van der Waals surface area contributed by atoms with Crippen LogP contribution in [0.4, 0.5) is 11.4 Å². The quantitative estimate of drug-likeness (QED) is 0.819. The standard InChI is InChI=1S/C16H15N3O/c1-10-7-14(18)15(8-11(10)2)19-16(20)13-5-3-12(9-17)4-6-13/h3-8H,18H2,1-2H3,(H,19,20). The number of rotatable bonds is 2. The summed E-state index contributed by atoms with van der Waals surface area (Å²) in [5.74, 6) is -0.246. The van der Waals surface area contributed by atoms with Crippen LogP contribution >= 0.6 is 0 Å². The molecule has 0 aliphatic rings. The Bertz CT molecular complexity index is 697. The zero-order chi connectivity index (χ0) is 14.7. The predicted octanol–water partition coefficient (Wildman–Crippen LogP) is 3.01. The fourth-order valence-electron chi connectivity index (χ4n) is 1.84. The summed E-state index contributed by atoms with van der Waals surface area (Å²) in [6.45, 7) is 3.93. The number of nitrogens with two attached hydrogens (primary N) is 1. The van der Waals surface area contributed by atoms with Gasteiger partial charge in [-0.15, -0.1) is 0 Å². The maximum atomic E-state index is 12.1. The molecule has 0 heterocycles. The van der Waals surface area contributed by atoms with E-state index in [1.54, 1.807) is 24.3 Å². The van der Waals surface area contributed by atoms with Crippen molar-refractivity contribution in [2.45, 2.75) is 13.8 Å². The van der Waals surface area contributed by atoms with Gasteiger partial charge < -0.3 is 11.1 Å². The van der Waals surface area contributed by atoms with Crippen molar-refractivity contribution in [2.24, 2.45) is 0 Å². The molecular formula is C16H15N3O. The number of anilines is 2. The summed E-state index contributed by atoms with van der Waals surface area (Å²) in [6, 6.07) is 12.2. The van der Waals surface area contributed by atoms with Gasteiger partial charge in [0.15, 0.2) is 0 Å². The zero-order valence-electron chi connectivity index (χ0n) is 11.4. The van der Waals surface area contributed by atoms with Crippen LogP contribution in [0.25, 0.3) is 0 Å². The molecule has 4 nitrogen and oxygen atoms in total. The first-order valence-electron chi connectivity index (χ1n) is 6.19. The van der Waals surface area contributed by atoms with E-state index in [1.807, 2.05) is 32.0 Å². The first kappa shape index (κ1) is 13.6. The van der Waals surface area contributed by atoms with Crippen LogP contribution in [0.3, 0.4) is 0 Å². The number of carbonyl (C=O) groups excluding carboxylic acids is 1. The largest absolute Gasteiger partial charge is 0.397 e. The van der Waals surface area contributed by atoms with E-state index in [9.17, 15) is 4.79 Å². The first-order chi connectivity index (χ1) is 9.51. The molecule has 1 amide bonds. The average Bonchev–Trinajstić information content (AvgIpc) is 2.44. The number of nitrogens with one attached hydrogen (secondary N) is 1. The molecule has 0 aliphatic carbocycles. The maximum absolute atomic E-state index is 12.1. The van der Waals surface area contributed by atoms with E-state index in [1.165, 1.54) is 0 Å². The van der Waals surface area contributed by atoms with Crippen LogP contribution in [-0.2, 0) is 0 Å². The summed E-state index contributed by atoms with van der Waals surface area (Å²) in [4.78, 5) is 12.1. The van der Waals surface area contributed by atoms with Crippen LogP contribution in [0.15, 0.2) is 36.4 Å². The van der Waals surface area contributed by atoms with Crippen LogP contribution in [0.5, 0.6) is 0 Å². The molecule has 2 rings (SSSR count). The van der Waals surface area contributed by atoms with Crippen molar-refractivity contribution in [3.05, 3.63) is 58.7 Å². The van der Waals surface area contributed by atoms with E-state index in [4.69, 9.17) is 11.0 Å². The van der Waals surface area contributed by atoms with Crippen LogP contribution in [0.2, 0.25) is 0 Å². The molecule has 0 unspecified atom stereocenters. The van der Waals surface area contributed by atoms with E-state index in [0.717, 1.165) is 11.1 Å². The number of carbonyl (C=O) groups is 1. The molecule has 0 spiro atoms. The highest BCUT2D eigenvalue weighted by Crippen LogP contribution is 2.23. The average molecular weight is 265 g/mol. The molecule has 2 aromatic rings. The molecule has 0 aliphatic heterocycles. The lowest BCUT2D eigenvalue weighted by molar-refractivity contribution is 0.102. The fourth-order valence-corrected chi connectivity index (χ4v) is 1.84. The summed E-state index contributed by atoms with van der Waals surface area (Å²) < 4.78 is 0. The lowest BCUT2D eigenvalue weighted by Crippen LogP contribution is -2.13. The molecule has 100 valence electrons. The summed E-state index contributed by atoms with van der Waals surface area (Å²) in [6.07, 6.45) is 0.